The summed E-state index contributed by atoms with van der Waals surface area (Å²) in [6.45, 7) is 6.97. The van der Waals surface area contributed by atoms with Gasteiger partial charge in [-0.15, -0.1) is 0 Å². The molecular weight excluding hydrogens is 397 g/mol. The van der Waals surface area contributed by atoms with Crippen LogP contribution in [0.1, 0.15) is 12.5 Å². The Kier molecular flexibility index (Phi) is 7.18. The molecule has 0 bridgehead atoms. The van der Waals surface area contributed by atoms with E-state index in [0.717, 1.165) is 38.4 Å². The zero-order valence-electron chi connectivity index (χ0n) is 16.1. The van der Waals surface area contributed by atoms with Crippen LogP contribution in [0.3, 0.4) is 0 Å². The molecule has 1 heterocycles. The number of hydrogen-bond acceptors (Lipinski definition) is 4. The molecule has 7 heteroatoms. The Morgan fingerprint density at radius 1 is 1.11 bits per heavy atom. The predicted octanol–water partition coefficient (Wildman–Crippen LogP) is 4.15. The average molecular weight is 422 g/mol. The van der Waals surface area contributed by atoms with Crippen LogP contribution >= 0.6 is 23.2 Å². The highest BCUT2D eigenvalue weighted by molar-refractivity contribution is 6.35. The van der Waals surface area contributed by atoms with Crippen molar-refractivity contribution in [1.82, 2.24) is 9.80 Å². The first kappa shape index (κ1) is 20.9. The van der Waals surface area contributed by atoms with Crippen molar-refractivity contribution in [2.75, 3.05) is 38.5 Å². The molecule has 1 aliphatic heterocycles. The minimum absolute atomic E-state index is 0.238. The van der Waals surface area contributed by atoms with E-state index in [1.807, 2.05) is 12.1 Å². The van der Waals surface area contributed by atoms with Gasteiger partial charge in [-0.1, -0.05) is 35.3 Å². The van der Waals surface area contributed by atoms with E-state index < -0.39 is 6.10 Å². The number of ether oxygens (including phenoxy) is 1. The first-order chi connectivity index (χ1) is 13.4. The molecule has 0 radical (unpaired) electrons. The molecule has 0 aliphatic carbocycles. The van der Waals surface area contributed by atoms with Gasteiger partial charge in [-0.3, -0.25) is 9.69 Å². The normalized spacial score (nSPS) is 16.6. The second-order valence-corrected chi connectivity index (χ2v) is 7.94. The number of rotatable bonds is 6. The molecule has 1 aliphatic rings. The van der Waals surface area contributed by atoms with Gasteiger partial charge in [0.25, 0.3) is 5.91 Å². The molecule has 0 spiro atoms. The SMILES string of the molecule is CC(Oc1ccc(Cl)cc1Cl)C(=O)Nc1ccc(CN2CCN(C)CC2)cc1. The lowest BCUT2D eigenvalue weighted by Crippen LogP contribution is -2.43. The zero-order chi connectivity index (χ0) is 20.1. The van der Waals surface area contributed by atoms with Crippen molar-refractivity contribution >= 4 is 34.8 Å². The summed E-state index contributed by atoms with van der Waals surface area (Å²) in [5.41, 5.74) is 1.98. The van der Waals surface area contributed by atoms with Gasteiger partial charge >= 0.3 is 0 Å². The summed E-state index contributed by atoms with van der Waals surface area (Å²) in [5.74, 6) is 0.189. The first-order valence-electron chi connectivity index (χ1n) is 9.33. The number of benzene rings is 2. The Labute approximate surface area is 176 Å². The Morgan fingerprint density at radius 3 is 2.43 bits per heavy atom. The van der Waals surface area contributed by atoms with Gasteiger partial charge in [0.15, 0.2) is 6.10 Å². The fraction of sp³-hybridized carbons (Fsp3) is 0.381. The third kappa shape index (κ3) is 5.85. The summed E-state index contributed by atoms with van der Waals surface area (Å²) in [6, 6.07) is 12.9. The molecule has 2 aromatic rings. The maximum Gasteiger partial charge on any atom is 0.265 e. The fourth-order valence-electron chi connectivity index (χ4n) is 3.02. The van der Waals surface area contributed by atoms with E-state index in [2.05, 4.69) is 34.3 Å². The van der Waals surface area contributed by atoms with Crippen LogP contribution in [-0.2, 0) is 11.3 Å². The second kappa shape index (κ2) is 9.61. The number of amides is 1. The molecule has 1 amide bonds. The lowest BCUT2D eigenvalue weighted by atomic mass is 10.1. The standard InChI is InChI=1S/C21H25Cl2N3O2/c1-15(28-20-8-5-17(22)13-19(20)23)21(27)24-18-6-3-16(4-7-18)14-26-11-9-25(2)10-12-26/h3-8,13,15H,9-12,14H2,1-2H3,(H,24,27). The second-order valence-electron chi connectivity index (χ2n) is 7.10. The smallest absolute Gasteiger partial charge is 0.265 e. The van der Waals surface area contributed by atoms with Crippen molar-refractivity contribution < 1.29 is 9.53 Å². The number of halogens is 2. The van der Waals surface area contributed by atoms with Gasteiger partial charge in [0.1, 0.15) is 5.75 Å². The maximum absolute atomic E-state index is 12.4. The molecule has 1 atom stereocenters. The van der Waals surface area contributed by atoms with Crippen molar-refractivity contribution in [3.63, 3.8) is 0 Å². The van der Waals surface area contributed by atoms with E-state index in [1.165, 1.54) is 5.56 Å². The number of piperazine rings is 1. The van der Waals surface area contributed by atoms with E-state index in [0.29, 0.717) is 15.8 Å². The van der Waals surface area contributed by atoms with Crippen LogP contribution < -0.4 is 10.1 Å². The third-order valence-electron chi connectivity index (χ3n) is 4.79. The largest absolute Gasteiger partial charge is 0.479 e. The van der Waals surface area contributed by atoms with E-state index >= 15 is 0 Å². The number of carbonyl (C=O) groups is 1. The fourth-order valence-corrected chi connectivity index (χ4v) is 3.47. The van der Waals surface area contributed by atoms with Crippen LogP contribution in [-0.4, -0.2) is 55.0 Å². The quantitative estimate of drug-likeness (QED) is 0.760. The van der Waals surface area contributed by atoms with Gasteiger partial charge in [-0.05, 0) is 49.9 Å². The van der Waals surface area contributed by atoms with Crippen molar-refractivity contribution in [2.24, 2.45) is 0 Å². The average Bonchev–Trinajstić information content (AvgIpc) is 2.67. The van der Waals surface area contributed by atoms with Gasteiger partial charge in [-0.25, -0.2) is 0 Å². The number of hydrogen-bond donors (Lipinski definition) is 1. The molecule has 0 aromatic heterocycles. The third-order valence-corrected chi connectivity index (χ3v) is 5.32. The molecule has 1 unspecified atom stereocenters. The molecule has 0 saturated carbocycles. The monoisotopic (exact) mass is 421 g/mol. The van der Waals surface area contributed by atoms with Gasteiger partial charge < -0.3 is 15.0 Å². The van der Waals surface area contributed by atoms with Crippen LogP contribution in [0.4, 0.5) is 5.69 Å². The summed E-state index contributed by atoms with van der Waals surface area (Å²) in [5, 5.41) is 3.77. The van der Waals surface area contributed by atoms with E-state index in [-0.39, 0.29) is 5.91 Å². The zero-order valence-corrected chi connectivity index (χ0v) is 17.6. The number of likely N-dealkylation sites (N-methyl/N-ethyl adjacent to an activating group) is 1. The highest BCUT2D eigenvalue weighted by Crippen LogP contribution is 2.28. The maximum atomic E-state index is 12.4. The topological polar surface area (TPSA) is 44.8 Å². The number of carbonyl (C=O) groups excluding carboxylic acids is 1. The summed E-state index contributed by atoms with van der Waals surface area (Å²) in [6.07, 6.45) is -0.691. The number of nitrogens with one attached hydrogen (secondary N) is 1. The summed E-state index contributed by atoms with van der Waals surface area (Å²) >= 11 is 12.0. The van der Waals surface area contributed by atoms with Crippen LogP contribution in [0.2, 0.25) is 10.0 Å². The molecule has 1 saturated heterocycles. The number of anilines is 1. The van der Waals surface area contributed by atoms with Crippen LogP contribution in [0.5, 0.6) is 5.75 Å². The first-order valence-corrected chi connectivity index (χ1v) is 10.1. The summed E-state index contributed by atoms with van der Waals surface area (Å²) < 4.78 is 5.65. The molecule has 28 heavy (non-hydrogen) atoms. The van der Waals surface area contributed by atoms with Gasteiger partial charge in [0.2, 0.25) is 0 Å². The van der Waals surface area contributed by atoms with E-state index in [1.54, 1.807) is 25.1 Å². The van der Waals surface area contributed by atoms with E-state index in [9.17, 15) is 4.79 Å². The van der Waals surface area contributed by atoms with Crippen molar-refractivity contribution in [2.45, 2.75) is 19.6 Å². The van der Waals surface area contributed by atoms with Crippen molar-refractivity contribution in [1.29, 1.82) is 0 Å². The molecule has 1 fully saturated rings. The molecular formula is C21H25Cl2N3O2. The van der Waals surface area contributed by atoms with Crippen LogP contribution in [0.15, 0.2) is 42.5 Å². The van der Waals surface area contributed by atoms with Gasteiger partial charge in [0, 0.05) is 43.4 Å². The minimum atomic E-state index is -0.691. The molecule has 1 N–H and O–H groups in total. The molecule has 150 valence electrons. The Morgan fingerprint density at radius 2 is 1.79 bits per heavy atom. The minimum Gasteiger partial charge on any atom is -0.479 e. The van der Waals surface area contributed by atoms with Crippen molar-refractivity contribution in [3.8, 4) is 5.75 Å². The van der Waals surface area contributed by atoms with Gasteiger partial charge in [0.05, 0.1) is 5.02 Å². The molecule has 3 rings (SSSR count). The Balaban J connectivity index is 1.52. The Bertz CT molecular complexity index is 806. The van der Waals surface area contributed by atoms with E-state index in [4.69, 9.17) is 27.9 Å². The molecule has 2 aromatic carbocycles. The van der Waals surface area contributed by atoms with Crippen molar-refractivity contribution in [3.05, 3.63) is 58.1 Å². The predicted molar refractivity (Wildman–Crippen MR) is 114 cm³/mol. The van der Waals surface area contributed by atoms with Gasteiger partial charge in [-0.2, -0.15) is 0 Å². The summed E-state index contributed by atoms with van der Waals surface area (Å²) in [4.78, 5) is 17.2. The highest BCUT2D eigenvalue weighted by Gasteiger charge is 2.17. The highest BCUT2D eigenvalue weighted by atomic mass is 35.5. The summed E-state index contributed by atoms with van der Waals surface area (Å²) in [7, 11) is 2.15. The Hall–Kier alpha value is -1.79. The lowest BCUT2D eigenvalue weighted by molar-refractivity contribution is -0.122. The number of nitrogens with zero attached hydrogens (tertiary/aromatic N) is 2. The lowest BCUT2D eigenvalue weighted by Gasteiger charge is -2.32. The van der Waals surface area contributed by atoms with Crippen LogP contribution in [0, 0.1) is 0 Å². The van der Waals surface area contributed by atoms with Crippen LogP contribution in [0.25, 0.3) is 0 Å². The molecule has 5 nitrogen and oxygen atoms in total.